The van der Waals surface area contributed by atoms with Crippen LogP contribution in [-0.2, 0) is 16.5 Å². The third-order valence-electron chi connectivity index (χ3n) is 4.24. The number of ether oxygens (including phenoxy) is 2. The molecule has 1 N–H and O–H groups in total. The first-order valence-electron chi connectivity index (χ1n) is 9.30. The van der Waals surface area contributed by atoms with Gasteiger partial charge in [-0.1, -0.05) is 44.2 Å². The lowest BCUT2D eigenvalue weighted by molar-refractivity contribution is 0.0350. The van der Waals surface area contributed by atoms with Gasteiger partial charge in [0.25, 0.3) is 5.82 Å². The number of hydrogen-bond acceptors (Lipinski definition) is 7. The molecule has 2 heterocycles. The molecule has 0 amide bonds. The minimum Gasteiger partial charge on any atom is -0.460 e. The van der Waals surface area contributed by atoms with E-state index in [0.29, 0.717) is 11.3 Å². The lowest BCUT2D eigenvalue weighted by Crippen LogP contribution is -2.17. The molecule has 1 aromatic carbocycles. The van der Waals surface area contributed by atoms with E-state index in [0.717, 1.165) is 5.69 Å². The highest BCUT2D eigenvalue weighted by Crippen LogP contribution is 2.25. The second kappa shape index (κ2) is 8.68. The van der Waals surface area contributed by atoms with Crippen LogP contribution >= 0.6 is 0 Å². The molecule has 9 nitrogen and oxygen atoms in total. The normalized spacial score (nSPS) is 12.0. The quantitative estimate of drug-likeness (QED) is 0.610. The van der Waals surface area contributed by atoms with Gasteiger partial charge < -0.3 is 9.47 Å². The maximum absolute atomic E-state index is 12.9. The molecule has 2 aromatic heterocycles. The maximum Gasteiger partial charge on any atom is 0.378 e. The van der Waals surface area contributed by atoms with E-state index >= 15 is 0 Å². The molecule has 29 heavy (non-hydrogen) atoms. The summed E-state index contributed by atoms with van der Waals surface area (Å²) < 4.78 is 12.2. The van der Waals surface area contributed by atoms with Gasteiger partial charge in [-0.25, -0.2) is 14.6 Å². The van der Waals surface area contributed by atoms with E-state index in [-0.39, 0.29) is 24.2 Å². The van der Waals surface area contributed by atoms with Crippen LogP contribution in [0.15, 0.2) is 36.4 Å². The van der Waals surface area contributed by atoms with Crippen LogP contribution in [0, 0.1) is 0 Å². The van der Waals surface area contributed by atoms with Crippen molar-refractivity contribution in [3.63, 3.8) is 0 Å². The minimum atomic E-state index is -0.878. The van der Waals surface area contributed by atoms with Crippen molar-refractivity contribution in [3.8, 4) is 0 Å². The Morgan fingerprint density at radius 2 is 1.90 bits per heavy atom. The van der Waals surface area contributed by atoms with Gasteiger partial charge >= 0.3 is 11.9 Å². The van der Waals surface area contributed by atoms with Crippen LogP contribution in [0.5, 0.6) is 0 Å². The standard InChI is InChI=1S/C20H23N5O4/c1-5-28-20(27)18-21-17(22-23-18)16(13-9-7-6-8-10-13)29-19(26)15-11-14(12(2)3)24-25(15)4/h6-12,16H,5H2,1-4H3,(H,21,22,23). The molecule has 0 spiro atoms. The van der Waals surface area contributed by atoms with Crippen molar-refractivity contribution in [1.29, 1.82) is 0 Å². The summed E-state index contributed by atoms with van der Waals surface area (Å²) >= 11 is 0. The summed E-state index contributed by atoms with van der Waals surface area (Å²) in [4.78, 5) is 28.9. The lowest BCUT2D eigenvalue weighted by Gasteiger charge is -2.15. The number of H-pyrrole nitrogens is 1. The van der Waals surface area contributed by atoms with E-state index in [1.807, 2.05) is 32.0 Å². The van der Waals surface area contributed by atoms with Gasteiger partial charge in [0.05, 0.1) is 12.3 Å². The highest BCUT2D eigenvalue weighted by atomic mass is 16.5. The Kier molecular flexibility index (Phi) is 6.06. The van der Waals surface area contributed by atoms with E-state index in [9.17, 15) is 9.59 Å². The van der Waals surface area contributed by atoms with Gasteiger partial charge in [0.1, 0.15) is 5.69 Å². The zero-order chi connectivity index (χ0) is 21.0. The number of nitrogens with one attached hydrogen (secondary N) is 1. The van der Waals surface area contributed by atoms with Crippen LogP contribution in [-0.4, -0.2) is 43.5 Å². The second-order valence-electron chi connectivity index (χ2n) is 6.69. The smallest absolute Gasteiger partial charge is 0.378 e. The number of carbonyl (C=O) groups is 2. The number of rotatable bonds is 7. The highest BCUT2D eigenvalue weighted by molar-refractivity contribution is 5.88. The Bertz CT molecular complexity index is 993. The van der Waals surface area contributed by atoms with Crippen molar-refractivity contribution < 1.29 is 19.1 Å². The Hall–Kier alpha value is -3.49. The molecular weight excluding hydrogens is 374 g/mol. The first-order valence-corrected chi connectivity index (χ1v) is 9.30. The number of aryl methyl sites for hydroxylation is 1. The van der Waals surface area contributed by atoms with Crippen molar-refractivity contribution in [2.24, 2.45) is 7.05 Å². The number of benzene rings is 1. The van der Waals surface area contributed by atoms with Gasteiger partial charge in [-0.2, -0.15) is 5.10 Å². The zero-order valence-corrected chi connectivity index (χ0v) is 16.7. The van der Waals surface area contributed by atoms with Gasteiger partial charge in [-0.15, -0.1) is 5.10 Å². The fraction of sp³-hybridized carbons (Fsp3) is 0.350. The molecule has 0 saturated heterocycles. The van der Waals surface area contributed by atoms with Crippen molar-refractivity contribution in [2.75, 3.05) is 6.61 Å². The zero-order valence-electron chi connectivity index (χ0n) is 16.7. The predicted octanol–water partition coefficient (Wildman–Crippen LogP) is 2.78. The first-order chi connectivity index (χ1) is 13.9. The summed E-state index contributed by atoms with van der Waals surface area (Å²) in [6, 6.07) is 10.8. The molecule has 0 aliphatic carbocycles. The number of nitrogens with zero attached hydrogens (tertiary/aromatic N) is 4. The van der Waals surface area contributed by atoms with E-state index in [4.69, 9.17) is 9.47 Å². The summed E-state index contributed by atoms with van der Waals surface area (Å²) in [5, 5.41) is 10.9. The fourth-order valence-electron chi connectivity index (χ4n) is 2.72. The minimum absolute atomic E-state index is 0.124. The van der Waals surface area contributed by atoms with E-state index in [2.05, 4.69) is 20.3 Å². The Balaban J connectivity index is 1.91. The van der Waals surface area contributed by atoms with E-state index in [1.165, 1.54) is 4.68 Å². The lowest BCUT2D eigenvalue weighted by atomic mass is 10.1. The topological polar surface area (TPSA) is 112 Å². The summed E-state index contributed by atoms with van der Waals surface area (Å²) in [6.45, 7) is 5.89. The van der Waals surface area contributed by atoms with Crippen LogP contribution in [0.1, 0.15) is 71.0 Å². The molecule has 0 aliphatic heterocycles. The highest BCUT2D eigenvalue weighted by Gasteiger charge is 2.27. The van der Waals surface area contributed by atoms with Crippen molar-refractivity contribution in [2.45, 2.75) is 32.8 Å². The van der Waals surface area contributed by atoms with Crippen molar-refractivity contribution in [1.82, 2.24) is 25.0 Å². The maximum atomic E-state index is 12.9. The third kappa shape index (κ3) is 4.50. The van der Waals surface area contributed by atoms with Crippen LogP contribution in [0.2, 0.25) is 0 Å². The number of hydrogen-bond donors (Lipinski definition) is 1. The molecule has 0 aliphatic rings. The fourth-order valence-corrected chi connectivity index (χ4v) is 2.72. The van der Waals surface area contributed by atoms with E-state index < -0.39 is 18.0 Å². The van der Waals surface area contributed by atoms with E-state index in [1.54, 1.807) is 32.2 Å². The largest absolute Gasteiger partial charge is 0.460 e. The van der Waals surface area contributed by atoms with Gasteiger partial charge in [0.2, 0.25) is 0 Å². The van der Waals surface area contributed by atoms with Crippen LogP contribution in [0.3, 0.4) is 0 Å². The molecule has 3 aromatic rings. The van der Waals surface area contributed by atoms with Gasteiger partial charge in [-0.05, 0) is 18.9 Å². The number of esters is 2. The summed E-state index contributed by atoms with van der Waals surface area (Å²) in [5.74, 6) is -0.939. The third-order valence-corrected chi connectivity index (χ3v) is 4.24. The number of aromatic nitrogens is 5. The molecule has 0 fully saturated rings. The SMILES string of the molecule is CCOC(=O)c1n[nH]c(C(OC(=O)c2cc(C(C)C)nn2C)c2ccccc2)n1. The van der Waals surface area contributed by atoms with Gasteiger partial charge in [0, 0.05) is 12.6 Å². The first kappa shape index (κ1) is 20.2. The monoisotopic (exact) mass is 397 g/mol. The van der Waals surface area contributed by atoms with Gasteiger partial charge in [0.15, 0.2) is 11.9 Å². The molecule has 0 bridgehead atoms. The molecule has 1 unspecified atom stereocenters. The summed E-state index contributed by atoms with van der Waals surface area (Å²) in [5.41, 5.74) is 1.79. The Morgan fingerprint density at radius 1 is 1.17 bits per heavy atom. The molecule has 0 radical (unpaired) electrons. The number of carbonyl (C=O) groups excluding carboxylic acids is 2. The molecule has 0 saturated carbocycles. The Morgan fingerprint density at radius 3 is 2.52 bits per heavy atom. The summed E-state index contributed by atoms with van der Waals surface area (Å²) in [6.07, 6.45) is -0.878. The molecule has 3 rings (SSSR count). The molecule has 9 heteroatoms. The van der Waals surface area contributed by atoms with Crippen LogP contribution in [0.25, 0.3) is 0 Å². The second-order valence-corrected chi connectivity index (χ2v) is 6.69. The van der Waals surface area contributed by atoms with Crippen LogP contribution in [0.4, 0.5) is 0 Å². The predicted molar refractivity (Wildman–Crippen MR) is 103 cm³/mol. The van der Waals surface area contributed by atoms with Crippen molar-refractivity contribution >= 4 is 11.9 Å². The molecular formula is C20H23N5O4. The average Bonchev–Trinajstić information content (AvgIpc) is 3.34. The number of aromatic amines is 1. The molecule has 1 atom stereocenters. The Labute approximate surface area is 168 Å². The molecule has 152 valence electrons. The average molecular weight is 397 g/mol. The van der Waals surface area contributed by atoms with Crippen LogP contribution < -0.4 is 0 Å². The van der Waals surface area contributed by atoms with Gasteiger partial charge in [-0.3, -0.25) is 9.78 Å². The van der Waals surface area contributed by atoms with Crippen molar-refractivity contribution in [3.05, 3.63) is 65.0 Å². The summed E-state index contributed by atoms with van der Waals surface area (Å²) in [7, 11) is 1.69.